The summed E-state index contributed by atoms with van der Waals surface area (Å²) >= 11 is 0. The molecule has 0 unspecified atom stereocenters. The zero-order chi connectivity index (χ0) is 21.2. The minimum Gasteiger partial charge on any atom is -0.356 e. The van der Waals surface area contributed by atoms with E-state index in [0.717, 1.165) is 63.8 Å². The van der Waals surface area contributed by atoms with Gasteiger partial charge in [-0.1, -0.05) is 36.1 Å². The van der Waals surface area contributed by atoms with Crippen molar-refractivity contribution in [3.63, 3.8) is 0 Å². The van der Waals surface area contributed by atoms with E-state index < -0.39 is 0 Å². The molecule has 1 aromatic heterocycles. The first kappa shape index (κ1) is 22.8. The minimum atomic E-state index is 0.475. The Morgan fingerprint density at radius 2 is 1.77 bits per heavy atom. The number of piperidine rings is 1. The van der Waals surface area contributed by atoms with Gasteiger partial charge in [0.15, 0.2) is 0 Å². The average molecular weight is 412 g/mol. The lowest BCUT2D eigenvalue weighted by molar-refractivity contribution is 0.239. The van der Waals surface area contributed by atoms with E-state index in [4.69, 9.17) is 4.98 Å². The van der Waals surface area contributed by atoms with Crippen LogP contribution in [0.5, 0.6) is 0 Å². The molecule has 0 bridgehead atoms. The van der Waals surface area contributed by atoms with E-state index in [1.807, 2.05) is 6.20 Å². The number of allylic oxidation sites excluding steroid dienone is 3. The van der Waals surface area contributed by atoms with Crippen LogP contribution >= 0.6 is 0 Å². The van der Waals surface area contributed by atoms with Gasteiger partial charge in [0.05, 0.1) is 0 Å². The number of hydrogen-bond acceptors (Lipinski definition) is 5. The van der Waals surface area contributed by atoms with E-state index in [9.17, 15) is 0 Å². The maximum Gasteiger partial charge on any atom is 0.224 e. The molecule has 0 radical (unpaired) electrons. The average Bonchev–Trinajstić information content (AvgIpc) is 3.03. The Morgan fingerprint density at radius 1 is 1.03 bits per heavy atom. The molecule has 1 aromatic rings. The molecule has 3 rings (SSSR count). The van der Waals surface area contributed by atoms with E-state index in [1.165, 1.54) is 43.3 Å². The summed E-state index contributed by atoms with van der Waals surface area (Å²) in [6.07, 6.45) is 16.5. The van der Waals surface area contributed by atoms with Crippen LogP contribution in [0.15, 0.2) is 35.6 Å². The molecular weight excluding hydrogens is 370 g/mol. The summed E-state index contributed by atoms with van der Waals surface area (Å²) in [5, 5.41) is 3.60. The van der Waals surface area contributed by atoms with Crippen LogP contribution in [0.3, 0.4) is 0 Å². The predicted molar refractivity (Wildman–Crippen MR) is 128 cm³/mol. The monoisotopic (exact) mass is 411 g/mol. The van der Waals surface area contributed by atoms with Crippen molar-refractivity contribution in [2.75, 3.05) is 42.9 Å². The molecule has 2 fully saturated rings. The van der Waals surface area contributed by atoms with Gasteiger partial charge < -0.3 is 10.2 Å². The highest BCUT2D eigenvalue weighted by atomic mass is 15.2. The molecule has 0 saturated carbocycles. The van der Waals surface area contributed by atoms with Crippen LogP contribution in [0, 0.1) is 0 Å². The number of rotatable bonds is 8. The predicted octanol–water partition coefficient (Wildman–Crippen LogP) is 5.43. The van der Waals surface area contributed by atoms with Gasteiger partial charge in [0.1, 0.15) is 5.82 Å². The maximum atomic E-state index is 4.83. The second-order valence-electron chi connectivity index (χ2n) is 9.23. The largest absolute Gasteiger partial charge is 0.356 e. The quantitative estimate of drug-likeness (QED) is 0.578. The summed E-state index contributed by atoms with van der Waals surface area (Å²) in [5.74, 6) is 1.88. The van der Waals surface area contributed by atoms with Crippen LogP contribution in [0.25, 0.3) is 0 Å². The van der Waals surface area contributed by atoms with Gasteiger partial charge in [-0.3, -0.25) is 4.90 Å². The Morgan fingerprint density at radius 3 is 2.47 bits per heavy atom. The number of nitrogens with zero attached hydrogens (tertiary/aromatic N) is 4. The Hall–Kier alpha value is -1.88. The van der Waals surface area contributed by atoms with Crippen molar-refractivity contribution in [3.05, 3.63) is 35.6 Å². The first-order chi connectivity index (χ1) is 14.6. The minimum absolute atomic E-state index is 0.475. The van der Waals surface area contributed by atoms with Crippen LogP contribution in [0.4, 0.5) is 11.8 Å². The summed E-state index contributed by atoms with van der Waals surface area (Å²) in [5.41, 5.74) is 2.92. The fourth-order valence-electron chi connectivity index (χ4n) is 4.31. The standard InChI is InChI=1S/C25H41N5/c1-21(2)9-8-10-22(3)12-18-29-19-13-23(14-20-29)27-25-26-15-11-24(28-25)30-16-6-4-5-7-17-30/h9,11-12,15,23H,4-8,10,13-14,16-20H2,1-3H3,(H,26,27,28)/b22-12+. The highest BCUT2D eigenvalue weighted by molar-refractivity contribution is 5.43. The number of anilines is 2. The van der Waals surface area contributed by atoms with Crippen LogP contribution in [0.1, 0.15) is 72.1 Å². The fraction of sp³-hybridized carbons (Fsp3) is 0.680. The molecule has 0 aliphatic carbocycles. The SMILES string of the molecule is CC(C)=CCC/C(C)=C/CN1CCC(Nc2nccc(N3CCCCCC3)n2)CC1. The number of nitrogens with one attached hydrogen (secondary N) is 1. The van der Waals surface area contributed by atoms with E-state index in [2.05, 4.69) is 59.1 Å². The lowest BCUT2D eigenvalue weighted by Crippen LogP contribution is -2.39. The molecule has 5 nitrogen and oxygen atoms in total. The van der Waals surface area contributed by atoms with Crippen molar-refractivity contribution < 1.29 is 0 Å². The van der Waals surface area contributed by atoms with Crippen LogP contribution in [-0.4, -0.2) is 53.6 Å². The summed E-state index contributed by atoms with van der Waals surface area (Å²) in [6, 6.07) is 2.54. The van der Waals surface area contributed by atoms with Crippen molar-refractivity contribution in [2.24, 2.45) is 0 Å². The maximum absolute atomic E-state index is 4.83. The zero-order valence-corrected chi connectivity index (χ0v) is 19.4. The summed E-state index contributed by atoms with van der Waals surface area (Å²) in [4.78, 5) is 14.3. The number of likely N-dealkylation sites (tertiary alicyclic amines) is 1. The molecule has 0 amide bonds. The molecule has 2 aliphatic heterocycles. The van der Waals surface area contributed by atoms with Gasteiger partial charge in [0, 0.05) is 45.0 Å². The molecule has 2 saturated heterocycles. The smallest absolute Gasteiger partial charge is 0.224 e. The second kappa shape index (κ2) is 12.1. The van der Waals surface area contributed by atoms with Crippen molar-refractivity contribution in [1.29, 1.82) is 0 Å². The van der Waals surface area contributed by atoms with Crippen molar-refractivity contribution >= 4 is 11.8 Å². The Labute approximate surface area is 183 Å². The fourth-order valence-corrected chi connectivity index (χ4v) is 4.31. The third-order valence-corrected chi connectivity index (χ3v) is 6.28. The van der Waals surface area contributed by atoms with E-state index in [1.54, 1.807) is 0 Å². The van der Waals surface area contributed by atoms with Crippen LogP contribution in [-0.2, 0) is 0 Å². The molecule has 1 N–H and O–H groups in total. The number of aromatic nitrogens is 2. The molecule has 166 valence electrons. The van der Waals surface area contributed by atoms with E-state index in [-0.39, 0.29) is 0 Å². The van der Waals surface area contributed by atoms with E-state index in [0.29, 0.717) is 6.04 Å². The first-order valence-corrected chi connectivity index (χ1v) is 12.0. The van der Waals surface area contributed by atoms with Crippen molar-refractivity contribution in [2.45, 2.75) is 78.2 Å². The normalized spacial score (nSPS) is 19.4. The van der Waals surface area contributed by atoms with Gasteiger partial charge in [-0.25, -0.2) is 4.98 Å². The van der Waals surface area contributed by atoms with Crippen molar-refractivity contribution in [1.82, 2.24) is 14.9 Å². The van der Waals surface area contributed by atoms with E-state index >= 15 is 0 Å². The zero-order valence-electron chi connectivity index (χ0n) is 19.4. The second-order valence-corrected chi connectivity index (χ2v) is 9.23. The lowest BCUT2D eigenvalue weighted by Gasteiger charge is -2.32. The number of hydrogen-bond donors (Lipinski definition) is 1. The molecule has 30 heavy (non-hydrogen) atoms. The Balaban J connectivity index is 1.42. The topological polar surface area (TPSA) is 44.3 Å². The Bertz CT molecular complexity index is 691. The highest BCUT2D eigenvalue weighted by Crippen LogP contribution is 2.20. The first-order valence-electron chi connectivity index (χ1n) is 12.0. The molecule has 5 heteroatoms. The van der Waals surface area contributed by atoms with Gasteiger partial charge in [-0.15, -0.1) is 0 Å². The van der Waals surface area contributed by atoms with Gasteiger partial charge in [0.2, 0.25) is 5.95 Å². The molecule has 0 spiro atoms. The third kappa shape index (κ3) is 7.75. The third-order valence-electron chi connectivity index (χ3n) is 6.28. The van der Waals surface area contributed by atoms with Crippen molar-refractivity contribution in [3.8, 4) is 0 Å². The molecule has 0 aromatic carbocycles. The molecule has 0 atom stereocenters. The van der Waals surface area contributed by atoms with Crippen LogP contribution in [0.2, 0.25) is 0 Å². The van der Waals surface area contributed by atoms with Crippen LogP contribution < -0.4 is 10.2 Å². The van der Waals surface area contributed by atoms with Gasteiger partial charge >= 0.3 is 0 Å². The highest BCUT2D eigenvalue weighted by Gasteiger charge is 2.19. The summed E-state index contributed by atoms with van der Waals surface area (Å²) in [7, 11) is 0. The molecule has 2 aliphatic rings. The molecular formula is C25H41N5. The molecule has 3 heterocycles. The summed E-state index contributed by atoms with van der Waals surface area (Å²) < 4.78 is 0. The van der Waals surface area contributed by atoms with Gasteiger partial charge in [0.25, 0.3) is 0 Å². The Kier molecular flexibility index (Phi) is 9.19. The lowest BCUT2D eigenvalue weighted by atomic mass is 10.0. The summed E-state index contributed by atoms with van der Waals surface area (Å²) in [6.45, 7) is 12.2. The van der Waals surface area contributed by atoms with Gasteiger partial charge in [-0.05, 0) is 65.4 Å². The van der Waals surface area contributed by atoms with Gasteiger partial charge in [-0.2, -0.15) is 4.98 Å².